The van der Waals surface area contributed by atoms with Crippen LogP contribution in [0.1, 0.15) is 19.3 Å². The number of aliphatic hydroxyl groups excluding tert-OH is 1. The molecule has 0 aliphatic carbocycles. The van der Waals surface area contributed by atoms with E-state index >= 15 is 0 Å². The molecule has 3 atom stereocenters. The molecule has 3 rings (SSSR count). The predicted molar refractivity (Wildman–Crippen MR) is 72.7 cm³/mol. The topological polar surface area (TPSA) is 102 Å². The van der Waals surface area contributed by atoms with Crippen LogP contribution in [-0.2, 0) is 9.59 Å². The highest BCUT2D eigenvalue weighted by molar-refractivity contribution is 5.82. The Morgan fingerprint density at radius 1 is 1.26 bits per heavy atom. The number of carboxylic acids is 1. The minimum Gasteiger partial charge on any atom is -0.475 e. The van der Waals surface area contributed by atoms with Crippen LogP contribution in [0.25, 0.3) is 0 Å². The van der Waals surface area contributed by atoms with Crippen molar-refractivity contribution in [3.63, 3.8) is 0 Å². The largest absolute Gasteiger partial charge is 0.490 e. The first-order chi connectivity index (χ1) is 10.6. The van der Waals surface area contributed by atoms with Crippen LogP contribution in [0.4, 0.5) is 13.2 Å². The van der Waals surface area contributed by atoms with Gasteiger partial charge in [-0.1, -0.05) is 0 Å². The number of alkyl halides is 3. The molecule has 3 aliphatic heterocycles. The third-order valence-corrected chi connectivity index (χ3v) is 4.42. The van der Waals surface area contributed by atoms with Gasteiger partial charge >= 0.3 is 12.1 Å². The number of hydrogen-bond acceptors (Lipinski definition) is 5. The van der Waals surface area contributed by atoms with Gasteiger partial charge in [-0.2, -0.15) is 13.2 Å². The quantitative estimate of drug-likeness (QED) is 0.504. The molecule has 1 spiro atoms. The Morgan fingerprint density at radius 2 is 1.87 bits per heavy atom. The number of halogens is 3. The average Bonchev–Trinajstić information content (AvgIpc) is 3.03. The Balaban J connectivity index is 0.000000236. The minimum atomic E-state index is -5.08. The molecule has 3 aliphatic rings. The summed E-state index contributed by atoms with van der Waals surface area (Å²) in [6.45, 7) is 3.34. The lowest BCUT2D eigenvalue weighted by molar-refractivity contribution is -0.192. The monoisotopic (exact) mass is 339 g/mol. The zero-order valence-electron chi connectivity index (χ0n) is 12.4. The van der Waals surface area contributed by atoms with Crippen LogP contribution < -0.4 is 10.6 Å². The highest BCUT2D eigenvalue weighted by Gasteiger charge is 2.45. The van der Waals surface area contributed by atoms with Gasteiger partial charge in [0, 0.05) is 25.2 Å². The standard InChI is InChI=1S/C11H19N3O2.C2HF3O2/c15-8-5-9(12-6-8)10(16)14-4-2-11(7-14)1-3-13-11;3-2(4,5)1(6)7/h8-9,12-13,15H,1-7H2;(H,6,7)/t8-,9+,11?;/m0./s1. The number of nitrogens with zero attached hydrogens (tertiary/aromatic N) is 1. The maximum absolute atomic E-state index is 12.1. The van der Waals surface area contributed by atoms with E-state index in [1.807, 2.05) is 4.90 Å². The van der Waals surface area contributed by atoms with E-state index in [-0.39, 0.29) is 23.6 Å². The third kappa shape index (κ3) is 4.33. The molecule has 4 N–H and O–H groups in total. The predicted octanol–water partition coefficient (Wildman–Crippen LogP) is -0.693. The molecule has 1 unspecified atom stereocenters. The van der Waals surface area contributed by atoms with E-state index in [9.17, 15) is 23.1 Å². The lowest BCUT2D eigenvalue weighted by Crippen LogP contribution is -2.59. The van der Waals surface area contributed by atoms with Gasteiger partial charge in [-0.15, -0.1) is 0 Å². The molecule has 0 bridgehead atoms. The molecular formula is C13H20F3N3O4. The summed E-state index contributed by atoms with van der Waals surface area (Å²) >= 11 is 0. The van der Waals surface area contributed by atoms with Crippen LogP contribution in [0, 0.1) is 0 Å². The molecule has 0 aromatic carbocycles. The second-order valence-corrected chi connectivity index (χ2v) is 6.12. The number of β-amino-alcohol motifs (C(OH)–C–C–N with tert-alkyl or cyclic N) is 1. The normalized spacial score (nSPS) is 33.1. The number of carboxylic acid groups (broad SMARTS) is 1. The van der Waals surface area contributed by atoms with Crippen molar-refractivity contribution in [1.29, 1.82) is 0 Å². The summed E-state index contributed by atoms with van der Waals surface area (Å²) < 4.78 is 31.7. The van der Waals surface area contributed by atoms with Crippen molar-refractivity contribution in [2.45, 2.75) is 43.1 Å². The van der Waals surface area contributed by atoms with E-state index in [0.29, 0.717) is 13.0 Å². The molecule has 10 heteroatoms. The van der Waals surface area contributed by atoms with Gasteiger partial charge < -0.3 is 25.7 Å². The van der Waals surface area contributed by atoms with Crippen LogP contribution in [0.2, 0.25) is 0 Å². The Hall–Kier alpha value is -1.39. The highest BCUT2D eigenvalue weighted by atomic mass is 19.4. The first-order valence-corrected chi connectivity index (χ1v) is 7.38. The summed E-state index contributed by atoms with van der Waals surface area (Å²) in [7, 11) is 0. The molecule has 3 saturated heterocycles. The second-order valence-electron chi connectivity index (χ2n) is 6.12. The summed E-state index contributed by atoms with van der Waals surface area (Å²) in [5, 5.41) is 23.1. The van der Waals surface area contributed by atoms with Crippen molar-refractivity contribution in [1.82, 2.24) is 15.5 Å². The van der Waals surface area contributed by atoms with Crippen molar-refractivity contribution in [3.05, 3.63) is 0 Å². The summed E-state index contributed by atoms with van der Waals surface area (Å²) in [6.07, 6.45) is -2.60. The SMILES string of the molecule is O=C(O)C(F)(F)F.O=C([C@H]1C[C@H](O)CN1)N1CCC2(CCN2)C1. The molecule has 0 saturated carbocycles. The summed E-state index contributed by atoms with van der Waals surface area (Å²) in [6, 6.07) is -0.162. The number of hydrogen-bond donors (Lipinski definition) is 4. The number of nitrogens with one attached hydrogen (secondary N) is 2. The van der Waals surface area contributed by atoms with Crippen LogP contribution in [0.15, 0.2) is 0 Å². The van der Waals surface area contributed by atoms with Crippen LogP contribution in [0.3, 0.4) is 0 Å². The van der Waals surface area contributed by atoms with Crippen molar-refractivity contribution in [3.8, 4) is 0 Å². The number of carbonyl (C=O) groups is 2. The van der Waals surface area contributed by atoms with Gasteiger partial charge in [0.05, 0.1) is 12.1 Å². The molecular weight excluding hydrogens is 319 g/mol. The van der Waals surface area contributed by atoms with E-state index in [1.165, 1.54) is 6.42 Å². The van der Waals surface area contributed by atoms with Crippen molar-refractivity contribution < 1.29 is 33.0 Å². The third-order valence-electron chi connectivity index (χ3n) is 4.42. The van der Waals surface area contributed by atoms with E-state index in [1.54, 1.807) is 0 Å². The maximum Gasteiger partial charge on any atom is 0.490 e. The van der Waals surface area contributed by atoms with Crippen molar-refractivity contribution in [2.75, 3.05) is 26.2 Å². The van der Waals surface area contributed by atoms with Crippen LogP contribution in [0.5, 0.6) is 0 Å². The number of carbonyl (C=O) groups excluding carboxylic acids is 1. The number of rotatable bonds is 1. The van der Waals surface area contributed by atoms with Crippen molar-refractivity contribution >= 4 is 11.9 Å². The van der Waals surface area contributed by atoms with Gasteiger partial charge in [-0.3, -0.25) is 4.79 Å². The Morgan fingerprint density at radius 3 is 2.22 bits per heavy atom. The zero-order valence-corrected chi connectivity index (χ0v) is 12.4. The first-order valence-electron chi connectivity index (χ1n) is 7.38. The van der Waals surface area contributed by atoms with Gasteiger partial charge in [0.1, 0.15) is 0 Å². The molecule has 0 aromatic rings. The molecule has 23 heavy (non-hydrogen) atoms. The fourth-order valence-corrected chi connectivity index (χ4v) is 3.01. The van der Waals surface area contributed by atoms with Gasteiger partial charge in [-0.05, 0) is 25.8 Å². The number of amides is 1. The Labute approximate surface area is 130 Å². The van der Waals surface area contributed by atoms with Gasteiger partial charge in [0.15, 0.2) is 0 Å². The first kappa shape index (κ1) is 18.0. The molecule has 1 amide bonds. The van der Waals surface area contributed by atoms with Gasteiger partial charge in [0.2, 0.25) is 5.91 Å². The smallest absolute Gasteiger partial charge is 0.475 e. The molecule has 132 valence electrons. The maximum atomic E-state index is 12.1. The van der Waals surface area contributed by atoms with Crippen LogP contribution >= 0.6 is 0 Å². The fourth-order valence-electron chi connectivity index (χ4n) is 3.01. The van der Waals surface area contributed by atoms with E-state index in [2.05, 4.69) is 10.6 Å². The highest BCUT2D eigenvalue weighted by Crippen LogP contribution is 2.30. The molecule has 0 radical (unpaired) electrons. The molecule has 0 aromatic heterocycles. The number of likely N-dealkylation sites (tertiary alicyclic amines) is 1. The average molecular weight is 339 g/mol. The Bertz CT molecular complexity index is 468. The molecule has 7 nitrogen and oxygen atoms in total. The minimum absolute atomic E-state index is 0.162. The number of aliphatic carboxylic acids is 1. The summed E-state index contributed by atoms with van der Waals surface area (Å²) in [5.41, 5.74) is 0.229. The van der Waals surface area contributed by atoms with Crippen molar-refractivity contribution in [2.24, 2.45) is 0 Å². The fraction of sp³-hybridized carbons (Fsp3) is 0.846. The molecule has 3 fully saturated rings. The second kappa shape index (κ2) is 6.62. The van der Waals surface area contributed by atoms with E-state index in [0.717, 1.165) is 26.1 Å². The summed E-state index contributed by atoms with van der Waals surface area (Å²) in [5.74, 6) is -2.59. The van der Waals surface area contributed by atoms with Gasteiger partial charge in [0.25, 0.3) is 0 Å². The zero-order chi connectivity index (χ0) is 17.3. The lowest BCUT2D eigenvalue weighted by atomic mass is 9.87. The molecule has 3 heterocycles. The summed E-state index contributed by atoms with van der Waals surface area (Å²) in [4.78, 5) is 23.0. The van der Waals surface area contributed by atoms with Crippen LogP contribution in [-0.4, -0.2) is 77.0 Å². The van der Waals surface area contributed by atoms with E-state index < -0.39 is 12.1 Å². The van der Waals surface area contributed by atoms with Gasteiger partial charge in [-0.25, -0.2) is 4.79 Å². The lowest BCUT2D eigenvalue weighted by Gasteiger charge is -2.39. The number of aliphatic hydroxyl groups is 1. The Kier molecular flexibility index (Phi) is 5.17. The van der Waals surface area contributed by atoms with E-state index in [4.69, 9.17) is 9.90 Å².